The molecule has 10 aromatic carbocycles. The SMILES string of the molecule is [2H]C([2H])([2H])c1ccc(N2CN(c3c(-c4ccccc4)cc(C(C)(C)C)cc3-c3cc(C(C)(C)C)cc(C(C)(C)C)c3)c3ccccc32)cc1Oc1cc2c(c3c1-c1ccccc1C31c3ccccc3-c3ccccc31)c1ccccc1n2-c1cc(C(C)(C)C)ccn1. The number of hydrogen-bond donors (Lipinski definition) is 0. The molecule has 0 unspecified atom stereocenters. The second kappa shape index (κ2) is 20.0. The van der Waals surface area contributed by atoms with Crippen LogP contribution in [0.3, 0.4) is 0 Å². The summed E-state index contributed by atoms with van der Waals surface area (Å²) in [7, 11) is 0. The first-order valence-electron chi connectivity index (χ1n) is 33.0. The summed E-state index contributed by atoms with van der Waals surface area (Å²) >= 11 is 0. The predicted octanol–water partition coefficient (Wildman–Crippen LogP) is 22.4. The van der Waals surface area contributed by atoms with Gasteiger partial charge in [0.2, 0.25) is 0 Å². The Hall–Kier alpha value is -9.45. The number of fused-ring (bicyclic) bond motifs is 15. The topological polar surface area (TPSA) is 33.5 Å². The summed E-state index contributed by atoms with van der Waals surface area (Å²) in [6.07, 6.45) is 1.92. The van der Waals surface area contributed by atoms with Crippen molar-refractivity contribution in [3.63, 3.8) is 0 Å². The third kappa shape index (κ3) is 8.81. The van der Waals surface area contributed by atoms with Crippen LogP contribution in [0.4, 0.5) is 22.7 Å². The molecule has 5 heteroatoms. The summed E-state index contributed by atoms with van der Waals surface area (Å²) in [5, 5.41) is 2.18. The molecule has 1 spiro atoms. The van der Waals surface area contributed by atoms with Crippen molar-refractivity contribution in [1.29, 1.82) is 0 Å². The van der Waals surface area contributed by atoms with Crippen LogP contribution in [0, 0.1) is 6.85 Å². The number of rotatable bonds is 7. The number of para-hydroxylation sites is 3. The molecule has 3 aliphatic rings. The van der Waals surface area contributed by atoms with Crippen LogP contribution in [-0.4, -0.2) is 16.2 Å². The summed E-state index contributed by atoms with van der Waals surface area (Å²) in [6.45, 7) is 25.4. The maximum atomic E-state index is 9.30. The van der Waals surface area contributed by atoms with Gasteiger partial charge in [-0.3, -0.25) is 4.57 Å². The minimum atomic E-state index is -2.55. The Labute approximate surface area is 530 Å². The van der Waals surface area contributed by atoms with Gasteiger partial charge in [0, 0.05) is 55.6 Å². The quantitative estimate of drug-likeness (QED) is 0.159. The van der Waals surface area contributed by atoms with Gasteiger partial charge in [0.15, 0.2) is 0 Å². The first kappa shape index (κ1) is 52.7. The van der Waals surface area contributed by atoms with E-state index in [0.29, 0.717) is 12.4 Å². The predicted molar refractivity (Wildman–Crippen MR) is 374 cm³/mol. The van der Waals surface area contributed by atoms with Crippen molar-refractivity contribution >= 4 is 44.6 Å². The number of aryl methyl sites for hydroxylation is 1. The summed E-state index contributed by atoms with van der Waals surface area (Å²) in [5.74, 6) is 1.61. The van der Waals surface area contributed by atoms with E-state index in [4.69, 9.17) is 9.72 Å². The van der Waals surface area contributed by atoms with Gasteiger partial charge < -0.3 is 14.5 Å². The van der Waals surface area contributed by atoms with Crippen molar-refractivity contribution in [1.82, 2.24) is 9.55 Å². The molecule has 1 aliphatic heterocycles. The van der Waals surface area contributed by atoms with E-state index in [1.807, 2.05) is 18.3 Å². The summed E-state index contributed by atoms with van der Waals surface area (Å²) in [4.78, 5) is 9.98. The molecule has 0 radical (unpaired) electrons. The van der Waals surface area contributed by atoms with Gasteiger partial charge in [0.25, 0.3) is 0 Å². The van der Waals surface area contributed by atoms with E-state index in [-0.39, 0.29) is 33.0 Å². The zero-order valence-corrected chi connectivity index (χ0v) is 53.3. The minimum absolute atomic E-state index is 0.116. The van der Waals surface area contributed by atoms with Crippen LogP contribution in [-0.2, 0) is 27.1 Å². The minimum Gasteiger partial charge on any atom is -0.456 e. The fourth-order valence-corrected chi connectivity index (χ4v) is 14.6. The molecule has 2 aromatic heterocycles. The van der Waals surface area contributed by atoms with Gasteiger partial charge in [-0.15, -0.1) is 0 Å². The van der Waals surface area contributed by atoms with E-state index in [1.165, 1.54) is 44.5 Å². The lowest BCUT2D eigenvalue weighted by molar-refractivity contribution is 0.481. The van der Waals surface area contributed by atoms with Gasteiger partial charge in [-0.25, -0.2) is 4.98 Å². The van der Waals surface area contributed by atoms with E-state index < -0.39 is 12.3 Å². The van der Waals surface area contributed by atoms with Crippen LogP contribution in [0.2, 0.25) is 0 Å². The number of pyridine rings is 1. The molecule has 3 heterocycles. The van der Waals surface area contributed by atoms with Crippen LogP contribution in [0.15, 0.2) is 225 Å². The lowest BCUT2D eigenvalue weighted by Crippen LogP contribution is -2.26. The molecule has 440 valence electrons. The third-order valence-corrected chi connectivity index (χ3v) is 19.2. The zero-order valence-electron chi connectivity index (χ0n) is 56.3. The molecule has 15 rings (SSSR count). The van der Waals surface area contributed by atoms with Gasteiger partial charge in [-0.05, 0) is 155 Å². The highest BCUT2D eigenvalue weighted by Gasteiger charge is 2.54. The van der Waals surface area contributed by atoms with Crippen molar-refractivity contribution in [2.75, 3.05) is 16.5 Å². The van der Waals surface area contributed by atoms with Crippen molar-refractivity contribution in [3.8, 4) is 61.8 Å². The van der Waals surface area contributed by atoms with Gasteiger partial charge in [-0.1, -0.05) is 241 Å². The normalized spacial score (nSPS) is 14.8. The second-order valence-electron chi connectivity index (χ2n) is 29.0. The lowest BCUT2D eigenvalue weighted by atomic mass is 9.69. The Balaban J connectivity index is 0.976. The summed E-state index contributed by atoms with van der Waals surface area (Å²) in [6, 6.07) is 79.0. The highest BCUT2D eigenvalue weighted by molar-refractivity contribution is 6.17. The molecule has 2 aliphatic carbocycles. The molecule has 0 amide bonds. The number of anilines is 4. The number of hydrogen-bond acceptors (Lipinski definition) is 4. The zero-order chi connectivity index (χ0) is 64.2. The molecule has 89 heavy (non-hydrogen) atoms. The molecule has 0 atom stereocenters. The smallest absolute Gasteiger partial charge is 0.137 e. The molecule has 5 nitrogen and oxygen atoms in total. The fraction of sp³-hybridized carbons (Fsp3) is 0.226. The van der Waals surface area contributed by atoms with Crippen LogP contribution in [0.1, 0.15) is 137 Å². The maximum Gasteiger partial charge on any atom is 0.137 e. The molecular formula is C84H78N4O. The van der Waals surface area contributed by atoms with E-state index in [0.717, 1.165) is 94.9 Å². The van der Waals surface area contributed by atoms with Gasteiger partial charge in [0.05, 0.1) is 33.5 Å². The van der Waals surface area contributed by atoms with E-state index in [1.54, 1.807) is 6.07 Å². The molecular weight excluding hydrogens is 1080 g/mol. The monoisotopic (exact) mass is 1160 g/mol. The average molecular weight is 1160 g/mol. The van der Waals surface area contributed by atoms with Crippen molar-refractivity contribution in [3.05, 3.63) is 275 Å². The molecule has 0 bridgehead atoms. The third-order valence-electron chi connectivity index (χ3n) is 19.2. The van der Waals surface area contributed by atoms with Gasteiger partial charge in [-0.2, -0.15) is 0 Å². The van der Waals surface area contributed by atoms with Gasteiger partial charge in [0.1, 0.15) is 24.0 Å². The fourth-order valence-electron chi connectivity index (χ4n) is 14.6. The molecule has 0 fully saturated rings. The van der Waals surface area contributed by atoms with Crippen molar-refractivity contribution in [2.45, 2.75) is 117 Å². The summed E-state index contributed by atoms with van der Waals surface area (Å²) in [5.41, 5.74) is 23.2. The van der Waals surface area contributed by atoms with Gasteiger partial charge >= 0.3 is 0 Å². The molecule has 12 aromatic rings. The highest BCUT2D eigenvalue weighted by Crippen LogP contribution is 2.67. The average Bonchev–Trinajstić information content (AvgIpc) is 1.49. The van der Waals surface area contributed by atoms with Crippen LogP contribution in [0.25, 0.3) is 72.1 Å². The van der Waals surface area contributed by atoms with Crippen LogP contribution in [0.5, 0.6) is 11.5 Å². The standard InChI is InChI=1S/C84H78N4O/c1-52-39-40-59(86-51-87(71-38-26-25-37-70(71)86)79-64(53-27-15-14-16-28-53)46-58(83(11,12)13)47-65(79)54-43-56(81(5,6)7)45-57(44-54)82(8,9)10)49-73(52)89-74-50-72-76(63-32-20-24-36-69(63)88(72)75-48-55(41-42-85-75)80(2,3)4)78-77(74)62-31-19-23-35-68(62)84(78)66-33-21-17-29-60(66)61-30-18-22-34-67(61)84/h14-50H,51H2,1-13H3/i1D3. The number of ether oxygens (including phenoxy) is 1. The molecule has 0 saturated carbocycles. The highest BCUT2D eigenvalue weighted by atomic mass is 16.5. The number of nitrogens with zero attached hydrogens (tertiary/aromatic N) is 4. The summed E-state index contributed by atoms with van der Waals surface area (Å²) < 4.78 is 37.9. The van der Waals surface area contributed by atoms with E-state index in [2.05, 4.69) is 298 Å². The first-order chi connectivity index (χ1) is 43.8. The number of benzene rings is 10. The Bertz CT molecular complexity index is 4910. The van der Waals surface area contributed by atoms with Crippen LogP contribution < -0.4 is 14.5 Å². The van der Waals surface area contributed by atoms with Crippen LogP contribution >= 0.6 is 0 Å². The van der Waals surface area contributed by atoms with E-state index in [9.17, 15) is 4.11 Å². The largest absolute Gasteiger partial charge is 0.456 e. The molecule has 0 N–H and O–H groups in total. The first-order valence-corrected chi connectivity index (χ1v) is 31.5. The Kier molecular flexibility index (Phi) is 11.9. The Morgan fingerprint density at radius 2 is 0.978 bits per heavy atom. The molecule has 0 saturated heterocycles. The Morgan fingerprint density at radius 1 is 0.438 bits per heavy atom. The Morgan fingerprint density at radius 3 is 1.61 bits per heavy atom. The maximum absolute atomic E-state index is 9.30. The van der Waals surface area contributed by atoms with Crippen molar-refractivity contribution in [2.24, 2.45) is 0 Å². The van der Waals surface area contributed by atoms with Crippen molar-refractivity contribution < 1.29 is 8.85 Å². The second-order valence-corrected chi connectivity index (χ2v) is 29.0. The van der Waals surface area contributed by atoms with E-state index >= 15 is 0 Å². The lowest BCUT2D eigenvalue weighted by Gasteiger charge is -2.32. The number of aromatic nitrogens is 2.